The summed E-state index contributed by atoms with van der Waals surface area (Å²) in [5.41, 5.74) is 6.72. The summed E-state index contributed by atoms with van der Waals surface area (Å²) < 4.78 is 2.02. The van der Waals surface area contributed by atoms with Crippen molar-refractivity contribution in [2.45, 2.75) is 13.3 Å². The number of fused-ring (bicyclic) bond motifs is 2. The molecule has 0 fully saturated rings. The van der Waals surface area contributed by atoms with Crippen LogP contribution in [0.25, 0.3) is 27.8 Å². The van der Waals surface area contributed by atoms with Crippen molar-refractivity contribution in [3.63, 3.8) is 0 Å². The topological polar surface area (TPSA) is 62.2 Å². The van der Waals surface area contributed by atoms with Crippen LogP contribution in [0.4, 0.5) is 5.69 Å². The highest BCUT2D eigenvalue weighted by Gasteiger charge is 2.11. The molecule has 3 aromatic heterocycles. The molecule has 1 amide bonds. The predicted octanol–water partition coefficient (Wildman–Crippen LogP) is 4.97. The highest BCUT2D eigenvalue weighted by Crippen LogP contribution is 2.24. The number of nitrogens with zero attached hydrogens (tertiary/aromatic N) is 2. The summed E-state index contributed by atoms with van der Waals surface area (Å²) in [7, 11) is 0. The number of nitrogens with one attached hydrogen (secondary N) is 2. The quantitative estimate of drug-likeness (QED) is 0.462. The number of H-pyrrole nitrogens is 1. The van der Waals surface area contributed by atoms with Crippen molar-refractivity contribution in [3.8, 4) is 11.3 Å². The summed E-state index contributed by atoms with van der Waals surface area (Å²) in [6.07, 6.45) is 6.22. The number of aryl methyl sites for hydroxylation is 1. The van der Waals surface area contributed by atoms with E-state index in [-0.39, 0.29) is 5.91 Å². The Morgan fingerprint density at radius 3 is 2.90 bits per heavy atom. The van der Waals surface area contributed by atoms with Crippen molar-refractivity contribution in [2.24, 2.45) is 0 Å². The van der Waals surface area contributed by atoms with Gasteiger partial charge in [0, 0.05) is 40.7 Å². The number of hydrogen-bond donors (Lipinski definition) is 2. The maximum Gasteiger partial charge on any atom is 0.228 e. The zero-order valence-corrected chi connectivity index (χ0v) is 16.0. The molecule has 0 atom stereocenters. The summed E-state index contributed by atoms with van der Waals surface area (Å²) in [5, 5.41) is 4.09. The van der Waals surface area contributed by atoms with Gasteiger partial charge in [-0.1, -0.05) is 36.4 Å². The first-order valence-corrected chi connectivity index (χ1v) is 9.57. The zero-order valence-electron chi connectivity index (χ0n) is 16.0. The minimum Gasteiger partial charge on any atom is -0.361 e. The second-order valence-electron chi connectivity index (χ2n) is 7.21. The van der Waals surface area contributed by atoms with E-state index in [2.05, 4.69) is 10.3 Å². The Balaban J connectivity index is 1.38. The molecule has 0 aliphatic carbocycles. The summed E-state index contributed by atoms with van der Waals surface area (Å²) in [5.74, 6) is -0.0438. The number of benzene rings is 2. The van der Waals surface area contributed by atoms with E-state index in [0.29, 0.717) is 6.42 Å². The molecular formula is C24H20N4O. The molecule has 0 saturated carbocycles. The molecule has 5 nitrogen and oxygen atoms in total. The van der Waals surface area contributed by atoms with Gasteiger partial charge < -0.3 is 14.7 Å². The van der Waals surface area contributed by atoms with E-state index in [4.69, 9.17) is 4.98 Å². The van der Waals surface area contributed by atoms with Crippen LogP contribution in [0.5, 0.6) is 0 Å². The van der Waals surface area contributed by atoms with Crippen LogP contribution in [-0.4, -0.2) is 20.3 Å². The molecule has 5 heteroatoms. The van der Waals surface area contributed by atoms with Gasteiger partial charge >= 0.3 is 0 Å². The van der Waals surface area contributed by atoms with Crippen LogP contribution >= 0.6 is 0 Å². The summed E-state index contributed by atoms with van der Waals surface area (Å²) in [4.78, 5) is 20.6. The van der Waals surface area contributed by atoms with E-state index < -0.39 is 0 Å². The largest absolute Gasteiger partial charge is 0.361 e. The lowest BCUT2D eigenvalue weighted by Crippen LogP contribution is -2.14. The fourth-order valence-corrected chi connectivity index (χ4v) is 3.71. The van der Waals surface area contributed by atoms with E-state index in [9.17, 15) is 4.79 Å². The first-order valence-electron chi connectivity index (χ1n) is 9.57. The van der Waals surface area contributed by atoms with Crippen molar-refractivity contribution in [2.75, 3.05) is 5.32 Å². The van der Waals surface area contributed by atoms with Gasteiger partial charge in [-0.25, -0.2) is 4.98 Å². The molecule has 3 heterocycles. The Morgan fingerprint density at radius 2 is 2.00 bits per heavy atom. The van der Waals surface area contributed by atoms with Crippen LogP contribution in [0, 0.1) is 6.92 Å². The van der Waals surface area contributed by atoms with Gasteiger partial charge in [-0.15, -0.1) is 0 Å². The van der Waals surface area contributed by atoms with Crippen molar-refractivity contribution < 1.29 is 4.79 Å². The van der Waals surface area contributed by atoms with E-state index in [1.54, 1.807) is 0 Å². The number of carbonyl (C=O) groups excluding carboxylic acids is 1. The lowest BCUT2D eigenvalue weighted by molar-refractivity contribution is -0.115. The van der Waals surface area contributed by atoms with Gasteiger partial charge in [-0.05, 0) is 42.3 Å². The molecule has 0 saturated heterocycles. The Hall–Kier alpha value is -3.86. The normalized spacial score (nSPS) is 11.2. The maximum absolute atomic E-state index is 12.6. The second kappa shape index (κ2) is 6.95. The maximum atomic E-state index is 12.6. The molecule has 5 rings (SSSR count). The molecule has 0 aliphatic heterocycles. The Labute approximate surface area is 168 Å². The lowest BCUT2D eigenvalue weighted by atomic mass is 10.1. The highest BCUT2D eigenvalue weighted by atomic mass is 16.1. The Morgan fingerprint density at radius 1 is 1.10 bits per heavy atom. The van der Waals surface area contributed by atoms with Gasteiger partial charge in [0.15, 0.2) is 0 Å². The van der Waals surface area contributed by atoms with Crippen LogP contribution in [0.2, 0.25) is 0 Å². The molecule has 0 aliphatic rings. The standard InChI is InChI=1S/C24H20N4O/c1-16-6-5-11-28-15-22(27-24(16)28)17-7-4-8-19(12-17)26-23(29)13-18-14-25-21-10-3-2-9-20(18)21/h2-12,14-15,25H,13H2,1H3,(H,26,29). The third kappa shape index (κ3) is 3.27. The number of para-hydroxylation sites is 1. The fourth-order valence-electron chi connectivity index (χ4n) is 3.71. The summed E-state index contributed by atoms with van der Waals surface area (Å²) in [6.45, 7) is 2.05. The van der Waals surface area contributed by atoms with E-state index in [0.717, 1.165) is 44.6 Å². The monoisotopic (exact) mass is 380 g/mol. The van der Waals surface area contributed by atoms with E-state index >= 15 is 0 Å². The number of anilines is 1. The van der Waals surface area contributed by atoms with Crippen LogP contribution in [-0.2, 0) is 11.2 Å². The molecular weight excluding hydrogens is 360 g/mol. The van der Waals surface area contributed by atoms with Gasteiger partial charge in [0.05, 0.1) is 12.1 Å². The smallest absolute Gasteiger partial charge is 0.228 e. The van der Waals surface area contributed by atoms with Crippen LogP contribution < -0.4 is 5.32 Å². The van der Waals surface area contributed by atoms with Crippen molar-refractivity contribution >= 4 is 28.1 Å². The molecule has 0 spiro atoms. The van der Waals surface area contributed by atoms with Gasteiger partial charge in [-0.3, -0.25) is 4.79 Å². The van der Waals surface area contributed by atoms with Gasteiger partial charge in [0.2, 0.25) is 5.91 Å². The van der Waals surface area contributed by atoms with Crippen LogP contribution in [0.15, 0.2) is 79.3 Å². The van der Waals surface area contributed by atoms with E-state index in [1.165, 1.54) is 0 Å². The Kier molecular flexibility index (Phi) is 4.13. The van der Waals surface area contributed by atoms with Crippen molar-refractivity contribution in [1.29, 1.82) is 0 Å². The number of imidazole rings is 1. The molecule has 2 N–H and O–H groups in total. The zero-order chi connectivity index (χ0) is 19.8. The third-order valence-electron chi connectivity index (χ3n) is 5.15. The number of hydrogen-bond acceptors (Lipinski definition) is 2. The van der Waals surface area contributed by atoms with Gasteiger partial charge in [-0.2, -0.15) is 0 Å². The average molecular weight is 380 g/mol. The molecule has 0 unspecified atom stereocenters. The molecule has 29 heavy (non-hydrogen) atoms. The summed E-state index contributed by atoms with van der Waals surface area (Å²) in [6, 6.07) is 19.9. The minimum absolute atomic E-state index is 0.0438. The number of aromatic nitrogens is 3. The van der Waals surface area contributed by atoms with Crippen molar-refractivity contribution in [1.82, 2.24) is 14.4 Å². The minimum atomic E-state index is -0.0438. The summed E-state index contributed by atoms with van der Waals surface area (Å²) >= 11 is 0. The molecule has 2 aromatic carbocycles. The Bertz CT molecular complexity index is 1350. The number of amides is 1. The third-order valence-corrected chi connectivity index (χ3v) is 5.15. The fraction of sp³-hybridized carbons (Fsp3) is 0.0833. The van der Waals surface area contributed by atoms with Gasteiger partial charge in [0.25, 0.3) is 0 Å². The SMILES string of the molecule is Cc1cccn2cc(-c3cccc(NC(=O)Cc4c[nH]c5ccccc45)c3)nc12. The highest BCUT2D eigenvalue weighted by molar-refractivity contribution is 5.96. The molecule has 5 aromatic rings. The van der Waals surface area contributed by atoms with Crippen molar-refractivity contribution in [3.05, 3.63) is 90.4 Å². The van der Waals surface area contributed by atoms with Gasteiger partial charge in [0.1, 0.15) is 5.65 Å². The first-order chi connectivity index (χ1) is 14.2. The lowest BCUT2D eigenvalue weighted by Gasteiger charge is -2.06. The number of carbonyl (C=O) groups is 1. The van der Waals surface area contributed by atoms with Crippen LogP contribution in [0.3, 0.4) is 0 Å². The number of rotatable bonds is 4. The first kappa shape index (κ1) is 17.3. The average Bonchev–Trinajstić information content (AvgIpc) is 3.34. The number of aromatic amines is 1. The predicted molar refractivity (Wildman–Crippen MR) is 116 cm³/mol. The second-order valence-corrected chi connectivity index (χ2v) is 7.21. The van der Waals surface area contributed by atoms with Crippen LogP contribution in [0.1, 0.15) is 11.1 Å². The number of pyridine rings is 1. The van der Waals surface area contributed by atoms with E-state index in [1.807, 2.05) is 90.6 Å². The molecule has 0 radical (unpaired) electrons. The molecule has 0 bridgehead atoms. The molecule has 142 valence electrons.